The predicted molar refractivity (Wildman–Crippen MR) is 113 cm³/mol. The molecule has 0 bridgehead atoms. The number of amides is 1. The first-order valence-corrected chi connectivity index (χ1v) is 10.6. The number of aromatic nitrogens is 1. The highest BCUT2D eigenvalue weighted by molar-refractivity contribution is 5.80. The van der Waals surface area contributed by atoms with Crippen LogP contribution in [0.3, 0.4) is 0 Å². The van der Waals surface area contributed by atoms with E-state index in [0.29, 0.717) is 6.54 Å². The summed E-state index contributed by atoms with van der Waals surface area (Å²) in [5, 5.41) is 3.18. The van der Waals surface area contributed by atoms with E-state index in [2.05, 4.69) is 47.2 Å². The van der Waals surface area contributed by atoms with Gasteiger partial charge in [-0.05, 0) is 55.5 Å². The van der Waals surface area contributed by atoms with Crippen LogP contribution in [0.4, 0.5) is 0 Å². The summed E-state index contributed by atoms with van der Waals surface area (Å²) in [6.07, 6.45) is 5.46. The molecule has 0 unspecified atom stereocenters. The van der Waals surface area contributed by atoms with E-state index in [1.165, 1.54) is 16.7 Å². The molecule has 1 amide bonds. The first-order chi connectivity index (χ1) is 14.1. The van der Waals surface area contributed by atoms with E-state index in [-0.39, 0.29) is 17.2 Å². The largest absolute Gasteiger partial charge is 0.381 e. The summed E-state index contributed by atoms with van der Waals surface area (Å²) < 4.78 is 5.64. The molecule has 1 aromatic carbocycles. The Morgan fingerprint density at radius 3 is 2.72 bits per heavy atom. The molecule has 1 spiro atoms. The smallest absolute Gasteiger partial charge is 0.225 e. The van der Waals surface area contributed by atoms with Gasteiger partial charge in [0.15, 0.2) is 0 Å². The zero-order chi connectivity index (χ0) is 20.3. The van der Waals surface area contributed by atoms with Gasteiger partial charge in [-0.2, -0.15) is 0 Å². The lowest BCUT2D eigenvalue weighted by Gasteiger charge is -2.37. The average Bonchev–Trinajstić information content (AvgIpc) is 3.07. The van der Waals surface area contributed by atoms with Gasteiger partial charge in [0.2, 0.25) is 5.91 Å². The molecule has 1 N–H and O–H groups in total. The molecule has 0 radical (unpaired) electrons. The summed E-state index contributed by atoms with van der Waals surface area (Å²) in [6.45, 7) is 9.07. The van der Waals surface area contributed by atoms with Gasteiger partial charge in [-0.25, -0.2) is 0 Å². The van der Waals surface area contributed by atoms with E-state index in [1.807, 2.05) is 12.1 Å². The van der Waals surface area contributed by atoms with E-state index >= 15 is 0 Å². The highest BCUT2D eigenvalue weighted by Gasteiger charge is 2.50. The monoisotopic (exact) mass is 393 g/mol. The van der Waals surface area contributed by atoms with Gasteiger partial charge in [-0.1, -0.05) is 23.8 Å². The molecule has 1 aromatic heterocycles. The van der Waals surface area contributed by atoms with Crippen molar-refractivity contribution in [2.75, 3.05) is 26.3 Å². The second-order valence-corrected chi connectivity index (χ2v) is 8.70. The number of rotatable bonds is 5. The zero-order valence-electron chi connectivity index (χ0n) is 17.5. The van der Waals surface area contributed by atoms with Gasteiger partial charge < -0.3 is 10.1 Å². The van der Waals surface area contributed by atoms with Crippen LogP contribution in [-0.2, 0) is 22.6 Å². The molecule has 5 nitrogen and oxygen atoms in total. The lowest BCUT2D eigenvalue weighted by Crippen LogP contribution is -2.44. The maximum absolute atomic E-state index is 13.2. The van der Waals surface area contributed by atoms with Crippen molar-refractivity contribution in [3.8, 4) is 0 Å². The van der Waals surface area contributed by atoms with Crippen LogP contribution in [-0.4, -0.2) is 42.1 Å². The summed E-state index contributed by atoms with van der Waals surface area (Å²) in [5.41, 5.74) is 5.09. The number of hydrogen-bond acceptors (Lipinski definition) is 4. The minimum Gasteiger partial charge on any atom is -0.381 e. The van der Waals surface area contributed by atoms with Crippen LogP contribution >= 0.6 is 0 Å². The van der Waals surface area contributed by atoms with Crippen molar-refractivity contribution in [2.24, 2.45) is 11.3 Å². The predicted octanol–water partition coefficient (Wildman–Crippen LogP) is 3.24. The third-order valence-corrected chi connectivity index (χ3v) is 6.64. The quantitative estimate of drug-likeness (QED) is 0.847. The third-order valence-electron chi connectivity index (χ3n) is 6.64. The van der Waals surface area contributed by atoms with Gasteiger partial charge in [-0.3, -0.25) is 14.7 Å². The average molecular weight is 394 g/mol. The molecule has 2 aliphatic rings. The van der Waals surface area contributed by atoms with Crippen LogP contribution in [0, 0.1) is 25.2 Å². The van der Waals surface area contributed by atoms with Crippen molar-refractivity contribution in [3.05, 3.63) is 65.0 Å². The molecule has 2 saturated heterocycles. The number of aryl methyl sites for hydroxylation is 2. The van der Waals surface area contributed by atoms with Crippen molar-refractivity contribution >= 4 is 5.91 Å². The van der Waals surface area contributed by atoms with E-state index in [0.717, 1.165) is 51.3 Å². The van der Waals surface area contributed by atoms with Crippen LogP contribution in [0.15, 0.2) is 42.7 Å². The van der Waals surface area contributed by atoms with Gasteiger partial charge in [0.1, 0.15) is 0 Å². The second kappa shape index (κ2) is 8.64. The standard InChI is InChI=1S/C24H31N3O2/c1-18-3-4-19(2)21(13-18)15-27-16-22(24(17-27)7-11-29-12-8-24)23(28)26-14-20-5-9-25-10-6-20/h3-6,9-10,13,22H,7-8,11-12,14-17H2,1-2H3,(H,26,28)/t22-/m1/s1. The van der Waals surface area contributed by atoms with Gasteiger partial charge >= 0.3 is 0 Å². The fourth-order valence-electron chi connectivity index (χ4n) is 4.86. The third kappa shape index (κ3) is 4.51. The molecule has 5 heteroatoms. The topological polar surface area (TPSA) is 54.5 Å². The summed E-state index contributed by atoms with van der Waals surface area (Å²) in [7, 11) is 0. The molecule has 29 heavy (non-hydrogen) atoms. The number of carbonyl (C=O) groups excluding carboxylic acids is 1. The van der Waals surface area contributed by atoms with E-state index in [9.17, 15) is 4.79 Å². The van der Waals surface area contributed by atoms with Crippen molar-refractivity contribution in [1.29, 1.82) is 0 Å². The molecule has 154 valence electrons. The van der Waals surface area contributed by atoms with Gasteiger partial charge in [0.05, 0.1) is 5.92 Å². The number of carbonyl (C=O) groups is 1. The Morgan fingerprint density at radius 1 is 1.21 bits per heavy atom. The first-order valence-electron chi connectivity index (χ1n) is 10.6. The Morgan fingerprint density at radius 2 is 1.97 bits per heavy atom. The van der Waals surface area contributed by atoms with Gasteiger partial charge in [0.25, 0.3) is 0 Å². The first kappa shape index (κ1) is 20.0. The minimum atomic E-state index is 0.0124. The molecule has 1 atom stereocenters. The Balaban J connectivity index is 1.48. The van der Waals surface area contributed by atoms with Crippen LogP contribution in [0.2, 0.25) is 0 Å². The number of pyridine rings is 1. The van der Waals surface area contributed by atoms with Crippen LogP contribution in [0.5, 0.6) is 0 Å². The Kier molecular flexibility index (Phi) is 5.97. The van der Waals surface area contributed by atoms with Crippen LogP contribution < -0.4 is 5.32 Å². The Bertz CT molecular complexity index is 846. The number of nitrogens with one attached hydrogen (secondary N) is 1. The van der Waals surface area contributed by atoms with E-state index in [4.69, 9.17) is 4.74 Å². The summed E-state index contributed by atoms with van der Waals surface area (Å²) in [5.74, 6) is 0.186. The van der Waals surface area contributed by atoms with Crippen molar-refractivity contribution < 1.29 is 9.53 Å². The molecule has 2 fully saturated rings. The normalized spacial score (nSPS) is 21.4. The maximum atomic E-state index is 13.2. The molecule has 3 heterocycles. The van der Waals surface area contributed by atoms with Crippen LogP contribution in [0.1, 0.15) is 35.1 Å². The van der Waals surface area contributed by atoms with Gasteiger partial charge in [-0.15, -0.1) is 0 Å². The van der Waals surface area contributed by atoms with Crippen molar-refractivity contribution in [1.82, 2.24) is 15.2 Å². The molecular formula is C24H31N3O2. The molecule has 0 aliphatic carbocycles. The number of ether oxygens (including phenoxy) is 1. The fraction of sp³-hybridized carbons (Fsp3) is 0.500. The SMILES string of the molecule is Cc1ccc(C)c(CN2C[C@H](C(=O)NCc3ccncc3)C3(CCOCC3)C2)c1. The van der Waals surface area contributed by atoms with Crippen molar-refractivity contribution in [2.45, 2.75) is 39.8 Å². The molecule has 2 aromatic rings. The molecule has 0 saturated carbocycles. The summed E-state index contributed by atoms with van der Waals surface area (Å²) in [6, 6.07) is 10.5. The number of benzene rings is 1. The van der Waals surface area contributed by atoms with Gasteiger partial charge in [0, 0.05) is 57.2 Å². The highest BCUT2D eigenvalue weighted by Crippen LogP contribution is 2.45. The lowest BCUT2D eigenvalue weighted by atomic mass is 9.71. The van der Waals surface area contributed by atoms with Crippen molar-refractivity contribution in [3.63, 3.8) is 0 Å². The van der Waals surface area contributed by atoms with Crippen LogP contribution in [0.25, 0.3) is 0 Å². The molecule has 2 aliphatic heterocycles. The number of nitrogens with zero attached hydrogens (tertiary/aromatic N) is 2. The zero-order valence-corrected chi connectivity index (χ0v) is 17.5. The maximum Gasteiger partial charge on any atom is 0.225 e. The second-order valence-electron chi connectivity index (χ2n) is 8.70. The minimum absolute atomic E-state index is 0.0124. The molecular weight excluding hydrogens is 362 g/mol. The number of likely N-dealkylation sites (tertiary alicyclic amines) is 1. The van der Waals surface area contributed by atoms with E-state index < -0.39 is 0 Å². The fourth-order valence-corrected chi connectivity index (χ4v) is 4.86. The lowest BCUT2D eigenvalue weighted by molar-refractivity contribution is -0.130. The Hall–Kier alpha value is -2.24. The summed E-state index contributed by atoms with van der Waals surface area (Å²) in [4.78, 5) is 19.7. The number of hydrogen-bond donors (Lipinski definition) is 1. The highest BCUT2D eigenvalue weighted by atomic mass is 16.5. The summed E-state index contributed by atoms with van der Waals surface area (Å²) >= 11 is 0. The molecule has 4 rings (SSSR count). The van der Waals surface area contributed by atoms with E-state index in [1.54, 1.807) is 12.4 Å². The Labute approximate surface area is 173 Å².